The first-order valence-electron chi connectivity index (χ1n) is 5.62. The third-order valence-electron chi connectivity index (χ3n) is 2.89. The number of H-pyrrole nitrogens is 1. The van der Waals surface area contributed by atoms with Crippen molar-refractivity contribution in [3.05, 3.63) is 34.2 Å². The van der Waals surface area contributed by atoms with E-state index in [2.05, 4.69) is 9.51 Å². The Balaban J connectivity index is 2.08. The van der Waals surface area contributed by atoms with Crippen molar-refractivity contribution in [2.75, 3.05) is 6.61 Å². The molecule has 112 valence electrons. The Labute approximate surface area is 123 Å². The van der Waals surface area contributed by atoms with Crippen LogP contribution in [0.2, 0.25) is 0 Å². The molecule has 0 aromatic carbocycles. The Bertz CT molecular complexity index is 555. The number of hydrogen-bond acceptors (Lipinski definition) is 6. The second kappa shape index (κ2) is 6.15. The Kier molecular flexibility index (Phi) is 4.92. The standard InChI is InChI=1S/C10H12Cl2NO6P/c11-20(12,17)18-4-6-8(15)9(16)10(19-6)5-1-2-7(14)13-3-5/h1-3,6,8-10,15-16H,4H2,(H,13,14)/t6-,8?,9+,10+/m1/s1. The molecule has 7 nitrogen and oxygen atoms in total. The number of hydrogen-bond donors (Lipinski definition) is 3. The number of nitrogens with one attached hydrogen (secondary N) is 1. The molecule has 20 heavy (non-hydrogen) atoms. The minimum atomic E-state index is -3.74. The number of rotatable bonds is 4. The Morgan fingerprint density at radius 2 is 2.05 bits per heavy atom. The highest BCUT2D eigenvalue weighted by Crippen LogP contribution is 2.57. The lowest BCUT2D eigenvalue weighted by Gasteiger charge is -2.14. The summed E-state index contributed by atoms with van der Waals surface area (Å²) in [5.41, 5.74) is 0.186. The normalized spacial score (nSPS) is 30.6. The van der Waals surface area contributed by atoms with Gasteiger partial charge in [-0.15, -0.1) is 0 Å². The first-order valence-corrected chi connectivity index (χ1v) is 9.05. The molecule has 0 bridgehead atoms. The number of aromatic nitrogens is 1. The Morgan fingerprint density at radius 1 is 1.35 bits per heavy atom. The van der Waals surface area contributed by atoms with Crippen molar-refractivity contribution in [3.8, 4) is 0 Å². The molecule has 4 atom stereocenters. The van der Waals surface area contributed by atoms with Gasteiger partial charge in [-0.05, 0) is 34.1 Å². The highest BCUT2D eigenvalue weighted by Gasteiger charge is 2.44. The molecule has 10 heteroatoms. The molecular formula is C10H12Cl2NO6P. The minimum absolute atomic E-state index is 0.299. The molecule has 1 aromatic rings. The van der Waals surface area contributed by atoms with Crippen LogP contribution in [0.4, 0.5) is 0 Å². The fourth-order valence-electron chi connectivity index (χ4n) is 1.92. The monoisotopic (exact) mass is 343 g/mol. The number of pyridine rings is 1. The SMILES string of the molecule is O=c1ccc([C@@H]2O[C@H](COP(=O)(Cl)Cl)C(O)[C@@H]2O)c[nH]1. The minimum Gasteiger partial charge on any atom is -0.387 e. The first kappa shape index (κ1) is 16.0. The fourth-order valence-corrected chi connectivity index (χ4v) is 2.58. The molecule has 0 amide bonds. The van der Waals surface area contributed by atoms with Crippen molar-refractivity contribution in [2.45, 2.75) is 24.4 Å². The van der Waals surface area contributed by atoms with Crippen LogP contribution < -0.4 is 5.56 Å². The predicted molar refractivity (Wildman–Crippen MR) is 72.0 cm³/mol. The summed E-state index contributed by atoms with van der Waals surface area (Å²) in [5, 5.41) is 19.8. The molecule has 3 N–H and O–H groups in total. The van der Waals surface area contributed by atoms with Crippen molar-refractivity contribution in [2.24, 2.45) is 0 Å². The fraction of sp³-hybridized carbons (Fsp3) is 0.500. The van der Waals surface area contributed by atoms with Gasteiger partial charge in [-0.25, -0.2) is 0 Å². The third-order valence-corrected chi connectivity index (χ3v) is 3.92. The molecule has 1 unspecified atom stereocenters. The largest absolute Gasteiger partial charge is 0.387 e. The van der Waals surface area contributed by atoms with E-state index in [-0.39, 0.29) is 12.2 Å². The van der Waals surface area contributed by atoms with Gasteiger partial charge in [0.15, 0.2) is 0 Å². The molecule has 0 spiro atoms. The number of aliphatic hydroxyl groups excluding tert-OH is 2. The lowest BCUT2D eigenvalue weighted by molar-refractivity contribution is -0.0153. The maximum Gasteiger partial charge on any atom is 0.380 e. The maximum absolute atomic E-state index is 11.0. The van der Waals surface area contributed by atoms with Gasteiger partial charge in [0.25, 0.3) is 0 Å². The molecule has 1 aliphatic rings. The van der Waals surface area contributed by atoms with E-state index in [0.717, 1.165) is 0 Å². The predicted octanol–water partition coefficient (Wildman–Crippen LogP) is 1.14. The van der Waals surface area contributed by atoms with Crippen molar-refractivity contribution in [1.29, 1.82) is 0 Å². The van der Waals surface area contributed by atoms with E-state index in [1.54, 1.807) is 0 Å². The zero-order valence-corrected chi connectivity index (χ0v) is 12.4. The van der Waals surface area contributed by atoms with Crippen molar-refractivity contribution in [3.63, 3.8) is 0 Å². The summed E-state index contributed by atoms with van der Waals surface area (Å²) in [6, 6.07) is 2.74. The third kappa shape index (κ3) is 3.83. The van der Waals surface area contributed by atoms with Crippen LogP contribution >= 0.6 is 28.6 Å². The Morgan fingerprint density at radius 3 is 2.60 bits per heavy atom. The van der Waals surface area contributed by atoms with Crippen molar-refractivity contribution in [1.82, 2.24) is 4.98 Å². The van der Waals surface area contributed by atoms with Gasteiger partial charge in [0.1, 0.15) is 24.4 Å². The topological polar surface area (TPSA) is 109 Å². The second-order valence-corrected chi connectivity index (χ2v) is 8.55. The van der Waals surface area contributed by atoms with Gasteiger partial charge in [0.2, 0.25) is 5.56 Å². The van der Waals surface area contributed by atoms with E-state index in [4.69, 9.17) is 27.2 Å². The van der Waals surface area contributed by atoms with Gasteiger partial charge in [-0.3, -0.25) is 9.36 Å². The quantitative estimate of drug-likeness (QED) is 0.707. The van der Waals surface area contributed by atoms with Gasteiger partial charge in [-0.1, -0.05) is 0 Å². The smallest absolute Gasteiger partial charge is 0.380 e. The van der Waals surface area contributed by atoms with E-state index in [9.17, 15) is 19.6 Å². The van der Waals surface area contributed by atoms with E-state index < -0.39 is 30.5 Å². The molecule has 0 aliphatic carbocycles. The van der Waals surface area contributed by atoms with E-state index in [1.165, 1.54) is 18.3 Å². The maximum atomic E-state index is 11.0. The van der Waals surface area contributed by atoms with Crippen LogP contribution in [0.5, 0.6) is 0 Å². The van der Waals surface area contributed by atoms with E-state index in [0.29, 0.717) is 5.56 Å². The summed E-state index contributed by atoms with van der Waals surface area (Å²) in [4.78, 5) is 13.4. The summed E-state index contributed by atoms with van der Waals surface area (Å²) in [6.45, 7) is -0.331. The average Bonchev–Trinajstić information content (AvgIpc) is 2.64. The highest BCUT2D eigenvalue weighted by atomic mass is 35.9. The van der Waals surface area contributed by atoms with Crippen LogP contribution in [-0.4, -0.2) is 40.1 Å². The highest BCUT2D eigenvalue weighted by molar-refractivity contribution is 8.05. The molecule has 2 rings (SSSR count). The molecule has 1 aromatic heterocycles. The summed E-state index contributed by atoms with van der Waals surface area (Å²) >= 11 is 10.5. The van der Waals surface area contributed by atoms with Crippen LogP contribution in [0.1, 0.15) is 11.7 Å². The van der Waals surface area contributed by atoms with E-state index >= 15 is 0 Å². The molecule has 0 saturated carbocycles. The Hall–Kier alpha value is -0.400. The molecule has 0 radical (unpaired) electrons. The zero-order chi connectivity index (χ0) is 14.9. The molecule has 1 aliphatic heterocycles. The zero-order valence-electron chi connectivity index (χ0n) is 9.98. The molecule has 2 heterocycles. The van der Waals surface area contributed by atoms with Gasteiger partial charge < -0.3 is 24.5 Å². The number of aromatic amines is 1. The average molecular weight is 344 g/mol. The van der Waals surface area contributed by atoms with Gasteiger partial charge in [0.05, 0.1) is 6.61 Å². The van der Waals surface area contributed by atoms with Gasteiger partial charge >= 0.3 is 6.07 Å². The first-order chi connectivity index (χ1) is 9.28. The van der Waals surface area contributed by atoms with Crippen LogP contribution in [0.15, 0.2) is 23.1 Å². The summed E-state index contributed by atoms with van der Waals surface area (Å²) in [6.07, 6.45) is -6.63. The van der Waals surface area contributed by atoms with Gasteiger partial charge in [-0.2, -0.15) is 0 Å². The summed E-state index contributed by atoms with van der Waals surface area (Å²) < 4.78 is 21.1. The van der Waals surface area contributed by atoms with Crippen LogP contribution in [-0.2, 0) is 13.8 Å². The van der Waals surface area contributed by atoms with Crippen LogP contribution in [0.25, 0.3) is 0 Å². The molecule has 1 fully saturated rings. The number of ether oxygens (including phenoxy) is 1. The summed E-state index contributed by atoms with van der Waals surface area (Å²) in [5.74, 6) is 0. The summed E-state index contributed by atoms with van der Waals surface area (Å²) in [7, 11) is 0. The number of aliphatic hydroxyl groups is 2. The molecular weight excluding hydrogens is 332 g/mol. The second-order valence-electron chi connectivity index (χ2n) is 4.27. The number of halogens is 2. The van der Waals surface area contributed by atoms with Gasteiger partial charge in [0, 0.05) is 12.3 Å². The van der Waals surface area contributed by atoms with Crippen molar-refractivity contribution >= 4 is 28.6 Å². The lowest BCUT2D eigenvalue weighted by Crippen LogP contribution is -2.32. The van der Waals surface area contributed by atoms with Crippen molar-refractivity contribution < 1.29 is 24.0 Å². The van der Waals surface area contributed by atoms with Crippen LogP contribution in [0, 0.1) is 0 Å². The van der Waals surface area contributed by atoms with Crippen LogP contribution in [0.3, 0.4) is 0 Å². The van der Waals surface area contributed by atoms with E-state index in [1.807, 2.05) is 0 Å². The molecule has 1 saturated heterocycles. The lowest BCUT2D eigenvalue weighted by atomic mass is 10.0.